The molecule has 5 aromatic rings. The molecule has 0 radical (unpaired) electrons. The number of pyridine rings is 1. The number of carbonyl (C=O) groups excluding carboxylic acids is 2. The van der Waals surface area contributed by atoms with E-state index in [9.17, 15) is 18.4 Å². The lowest BCUT2D eigenvalue weighted by Crippen LogP contribution is -2.50. The van der Waals surface area contributed by atoms with Crippen LogP contribution < -0.4 is 5.32 Å². The van der Waals surface area contributed by atoms with E-state index in [1.807, 2.05) is 16.8 Å². The molecule has 1 saturated heterocycles. The van der Waals surface area contributed by atoms with Crippen molar-refractivity contribution in [2.75, 3.05) is 31.5 Å². The lowest BCUT2D eigenvalue weighted by Gasteiger charge is -2.38. The van der Waals surface area contributed by atoms with Crippen molar-refractivity contribution >= 4 is 39.9 Å². The number of piperazine rings is 1. The van der Waals surface area contributed by atoms with Crippen LogP contribution in [0.2, 0.25) is 0 Å². The van der Waals surface area contributed by atoms with Crippen LogP contribution in [0.4, 0.5) is 14.5 Å². The van der Waals surface area contributed by atoms with Crippen molar-refractivity contribution < 1.29 is 22.8 Å². The Morgan fingerprint density at radius 3 is 2.63 bits per heavy atom. The normalized spacial score (nSPS) is 15.0. The number of fused-ring (bicyclic) bond motifs is 1. The Bertz CT molecular complexity index is 1700. The molecule has 1 atom stereocenters. The molecule has 1 N–H and O–H groups in total. The molecule has 0 unspecified atom stereocenters. The van der Waals surface area contributed by atoms with Crippen LogP contribution in [0.15, 0.2) is 57.8 Å². The molecule has 1 aliphatic rings. The summed E-state index contributed by atoms with van der Waals surface area (Å²) in [7, 11) is 0. The molecule has 2 amide bonds. The van der Waals surface area contributed by atoms with E-state index in [4.69, 9.17) is 4.42 Å². The van der Waals surface area contributed by atoms with Gasteiger partial charge in [-0.1, -0.05) is 4.80 Å². The predicted octanol–water partition coefficient (Wildman–Crippen LogP) is 3.84. The second-order valence-electron chi connectivity index (χ2n) is 9.35. The van der Waals surface area contributed by atoms with Gasteiger partial charge in [-0.3, -0.25) is 19.5 Å². The number of halogens is 2. The second-order valence-corrected chi connectivity index (χ2v) is 10.1. The van der Waals surface area contributed by atoms with Crippen LogP contribution in [-0.2, 0) is 4.79 Å². The van der Waals surface area contributed by atoms with Crippen LogP contribution in [0.5, 0.6) is 0 Å². The average molecular weight is 580 g/mol. The zero-order chi connectivity index (χ0) is 28.5. The van der Waals surface area contributed by atoms with Gasteiger partial charge < -0.3 is 14.6 Å². The number of nitrogens with one attached hydrogen (secondary N) is 1. The number of hydrogen-bond donors (Lipinski definition) is 1. The highest BCUT2D eigenvalue weighted by Crippen LogP contribution is 2.30. The number of oxazole rings is 1. The average Bonchev–Trinajstić information content (AvgIpc) is 3.75. The number of carbonyl (C=O) groups is 2. The third-order valence-corrected chi connectivity index (χ3v) is 7.32. The highest BCUT2D eigenvalue weighted by atomic mass is 32.1. The second kappa shape index (κ2) is 11.1. The van der Waals surface area contributed by atoms with Crippen molar-refractivity contribution in [2.45, 2.75) is 19.5 Å². The molecule has 15 heteroatoms. The monoisotopic (exact) mass is 579 g/mol. The summed E-state index contributed by atoms with van der Waals surface area (Å²) in [5.41, 5.74) is 3.41. The lowest BCUT2D eigenvalue weighted by molar-refractivity contribution is -0.114. The Morgan fingerprint density at radius 2 is 1.93 bits per heavy atom. The number of rotatable bonds is 7. The first-order valence-electron chi connectivity index (χ1n) is 12.6. The van der Waals surface area contributed by atoms with Crippen LogP contribution in [-0.4, -0.2) is 78.0 Å². The van der Waals surface area contributed by atoms with Gasteiger partial charge in [-0.15, -0.1) is 10.2 Å². The Hall–Kier alpha value is -4.63. The first-order chi connectivity index (χ1) is 19.9. The van der Waals surface area contributed by atoms with Gasteiger partial charge in [-0.25, -0.2) is 4.98 Å². The molecule has 0 saturated carbocycles. The molecule has 210 valence electrons. The van der Waals surface area contributed by atoms with Gasteiger partial charge in [-0.05, 0) is 57.9 Å². The molecule has 1 aromatic carbocycles. The fourth-order valence-corrected chi connectivity index (χ4v) is 5.42. The standard InChI is InChI=1S/C26H23F2N9O3S/c1-15(38)30-18-2-3-21-19(13-18)31-24(40-21)16-4-6-29-20(12-16)25(39)36-9-7-35(8-10-36)22(17-5-11-41-14-17)23-32-34-37(33-23)26(27)28/h2-6,11-14,22,26H,7-10H2,1H3,(H,30,38)/t22-/m1/s1. The van der Waals surface area contributed by atoms with E-state index in [1.54, 1.807) is 35.2 Å². The van der Waals surface area contributed by atoms with Gasteiger partial charge in [0.25, 0.3) is 5.91 Å². The smallest absolute Gasteiger partial charge is 0.350 e. The summed E-state index contributed by atoms with van der Waals surface area (Å²) in [5, 5.41) is 17.8. The number of amides is 2. The largest absolute Gasteiger partial charge is 0.436 e. The third-order valence-electron chi connectivity index (χ3n) is 6.62. The fourth-order valence-electron chi connectivity index (χ4n) is 4.74. The molecule has 4 aromatic heterocycles. The summed E-state index contributed by atoms with van der Waals surface area (Å²) in [5.74, 6) is 0.0679. The molecule has 0 aliphatic carbocycles. The van der Waals surface area contributed by atoms with Gasteiger partial charge in [0.1, 0.15) is 17.3 Å². The third kappa shape index (κ3) is 5.53. The Morgan fingerprint density at radius 1 is 1.10 bits per heavy atom. The van der Waals surface area contributed by atoms with Gasteiger partial charge >= 0.3 is 6.55 Å². The highest BCUT2D eigenvalue weighted by Gasteiger charge is 2.32. The number of benzene rings is 1. The number of nitrogens with zero attached hydrogens (tertiary/aromatic N) is 8. The van der Waals surface area contributed by atoms with Crippen LogP contribution in [0.3, 0.4) is 0 Å². The van der Waals surface area contributed by atoms with Gasteiger partial charge in [0.05, 0.1) is 0 Å². The Balaban J connectivity index is 1.17. The number of anilines is 1. The summed E-state index contributed by atoms with van der Waals surface area (Å²) in [6, 6.07) is 9.93. The van der Waals surface area contributed by atoms with E-state index in [-0.39, 0.29) is 23.3 Å². The predicted molar refractivity (Wildman–Crippen MR) is 144 cm³/mol. The molecule has 6 rings (SSSR count). The molecule has 1 aliphatic heterocycles. The maximum Gasteiger partial charge on any atom is 0.350 e. The van der Waals surface area contributed by atoms with Gasteiger partial charge in [0.2, 0.25) is 11.8 Å². The van der Waals surface area contributed by atoms with E-state index < -0.39 is 12.6 Å². The molecule has 41 heavy (non-hydrogen) atoms. The number of aromatic nitrogens is 6. The summed E-state index contributed by atoms with van der Waals surface area (Å²) >= 11 is 1.49. The first-order valence-corrected chi connectivity index (χ1v) is 13.6. The molecule has 0 bridgehead atoms. The van der Waals surface area contributed by atoms with Gasteiger partial charge in [0.15, 0.2) is 11.4 Å². The van der Waals surface area contributed by atoms with E-state index in [1.165, 1.54) is 24.5 Å². The maximum atomic E-state index is 13.4. The summed E-state index contributed by atoms with van der Waals surface area (Å²) in [6.45, 7) is 0.267. The molecule has 5 heterocycles. The number of thiophene rings is 1. The van der Waals surface area contributed by atoms with Gasteiger partial charge in [0, 0.05) is 50.6 Å². The van der Waals surface area contributed by atoms with Crippen molar-refractivity contribution in [3.8, 4) is 11.5 Å². The summed E-state index contributed by atoms with van der Waals surface area (Å²) in [6.07, 6.45) is 1.53. The number of hydrogen-bond acceptors (Lipinski definition) is 10. The Labute approximate surface area is 235 Å². The maximum absolute atomic E-state index is 13.4. The van der Waals surface area contributed by atoms with Crippen molar-refractivity contribution in [1.82, 2.24) is 40.0 Å². The van der Waals surface area contributed by atoms with Crippen molar-refractivity contribution in [1.29, 1.82) is 0 Å². The zero-order valence-electron chi connectivity index (χ0n) is 21.6. The first kappa shape index (κ1) is 26.6. The SMILES string of the molecule is CC(=O)Nc1ccc2oc(-c3ccnc(C(=O)N4CCN([C@H](c5ccsc5)c5nnn(C(F)F)n5)CC4)c3)nc2c1. The number of tetrazole rings is 1. The van der Waals surface area contributed by atoms with Crippen molar-refractivity contribution in [2.24, 2.45) is 0 Å². The van der Waals surface area contributed by atoms with E-state index >= 15 is 0 Å². The van der Waals surface area contributed by atoms with E-state index in [2.05, 4.69) is 35.6 Å². The summed E-state index contributed by atoms with van der Waals surface area (Å²) in [4.78, 5) is 37.6. The molecular weight excluding hydrogens is 556 g/mol. The van der Waals surface area contributed by atoms with Crippen LogP contribution >= 0.6 is 11.3 Å². The van der Waals surface area contributed by atoms with E-state index in [0.717, 1.165) is 5.56 Å². The van der Waals surface area contributed by atoms with Crippen molar-refractivity contribution in [3.63, 3.8) is 0 Å². The molecule has 1 fully saturated rings. The van der Waals surface area contributed by atoms with Gasteiger partial charge in [-0.2, -0.15) is 20.1 Å². The van der Waals surface area contributed by atoms with Crippen LogP contribution in [0, 0.1) is 0 Å². The van der Waals surface area contributed by atoms with Crippen LogP contribution in [0.1, 0.15) is 41.4 Å². The summed E-state index contributed by atoms with van der Waals surface area (Å²) < 4.78 is 32.1. The molecule has 0 spiro atoms. The van der Waals surface area contributed by atoms with Crippen LogP contribution in [0.25, 0.3) is 22.6 Å². The minimum Gasteiger partial charge on any atom is -0.436 e. The topological polar surface area (TPSA) is 135 Å². The molecule has 12 nitrogen and oxygen atoms in total. The zero-order valence-corrected chi connectivity index (χ0v) is 22.5. The Kier molecular flexibility index (Phi) is 7.19. The number of alkyl halides is 2. The minimum atomic E-state index is -2.88. The lowest BCUT2D eigenvalue weighted by atomic mass is 10.1. The van der Waals surface area contributed by atoms with E-state index in [0.29, 0.717) is 59.2 Å². The highest BCUT2D eigenvalue weighted by molar-refractivity contribution is 7.08. The fraction of sp³-hybridized carbons (Fsp3) is 0.269. The van der Waals surface area contributed by atoms with Crippen molar-refractivity contribution in [3.05, 3.63) is 70.4 Å². The minimum absolute atomic E-state index is 0.181. The quantitative estimate of drug-likeness (QED) is 0.305. The molecular formula is C26H23F2N9O3S.